The average molecular weight is 263 g/mol. The van der Waals surface area contributed by atoms with Gasteiger partial charge in [-0.2, -0.15) is 0 Å². The molecule has 1 N–H and O–H groups in total. The normalized spacial score (nSPS) is 10.4. The molecular weight excluding hydrogens is 249 g/mol. The largest absolute Gasteiger partial charge is 0.475 e. The molecule has 19 heavy (non-hydrogen) atoms. The SMILES string of the molecule is CCN(Cc1ccoc1C(=O)O)c1ccccc1F. The summed E-state index contributed by atoms with van der Waals surface area (Å²) >= 11 is 0. The van der Waals surface area contributed by atoms with Gasteiger partial charge in [0, 0.05) is 18.7 Å². The van der Waals surface area contributed by atoms with Crippen LogP contribution in [0.5, 0.6) is 0 Å². The smallest absolute Gasteiger partial charge is 0.372 e. The number of nitrogens with zero attached hydrogens (tertiary/aromatic N) is 1. The molecule has 0 radical (unpaired) electrons. The van der Waals surface area contributed by atoms with Gasteiger partial charge in [0.2, 0.25) is 5.76 Å². The lowest BCUT2D eigenvalue weighted by Crippen LogP contribution is -2.23. The van der Waals surface area contributed by atoms with E-state index in [4.69, 9.17) is 9.52 Å². The van der Waals surface area contributed by atoms with Gasteiger partial charge in [-0.3, -0.25) is 0 Å². The Bertz CT molecular complexity index is 580. The summed E-state index contributed by atoms with van der Waals surface area (Å²) in [6.07, 6.45) is 1.33. The minimum Gasteiger partial charge on any atom is -0.475 e. The van der Waals surface area contributed by atoms with E-state index in [9.17, 15) is 9.18 Å². The number of rotatable bonds is 5. The summed E-state index contributed by atoms with van der Waals surface area (Å²) in [5.41, 5.74) is 0.972. The summed E-state index contributed by atoms with van der Waals surface area (Å²) in [5.74, 6) is -1.55. The fourth-order valence-corrected chi connectivity index (χ4v) is 1.93. The molecule has 1 aromatic heterocycles. The second-order valence-electron chi connectivity index (χ2n) is 4.05. The summed E-state index contributed by atoms with van der Waals surface area (Å²) in [6.45, 7) is 2.73. The van der Waals surface area contributed by atoms with Gasteiger partial charge in [-0.1, -0.05) is 12.1 Å². The highest BCUT2D eigenvalue weighted by molar-refractivity contribution is 5.86. The molecule has 4 nitrogen and oxygen atoms in total. The molecule has 1 heterocycles. The number of carboxylic acid groups (broad SMARTS) is 1. The summed E-state index contributed by atoms with van der Waals surface area (Å²) in [6, 6.07) is 8.00. The maximum atomic E-state index is 13.7. The Morgan fingerprint density at radius 1 is 1.37 bits per heavy atom. The van der Waals surface area contributed by atoms with Crippen molar-refractivity contribution in [3.8, 4) is 0 Å². The van der Waals surface area contributed by atoms with Crippen molar-refractivity contribution in [2.24, 2.45) is 0 Å². The molecular formula is C14H14FNO3. The first-order valence-corrected chi connectivity index (χ1v) is 5.92. The molecule has 0 aliphatic carbocycles. The van der Waals surface area contributed by atoms with E-state index in [0.717, 1.165) is 0 Å². The van der Waals surface area contributed by atoms with Gasteiger partial charge in [-0.25, -0.2) is 9.18 Å². The van der Waals surface area contributed by atoms with Crippen molar-refractivity contribution >= 4 is 11.7 Å². The van der Waals surface area contributed by atoms with Crippen LogP contribution in [0.1, 0.15) is 23.0 Å². The van der Waals surface area contributed by atoms with E-state index < -0.39 is 5.97 Å². The monoisotopic (exact) mass is 263 g/mol. The molecule has 0 aliphatic rings. The Kier molecular flexibility index (Phi) is 3.85. The predicted molar refractivity (Wildman–Crippen MR) is 68.8 cm³/mol. The fraction of sp³-hybridized carbons (Fsp3) is 0.214. The molecule has 0 amide bonds. The third-order valence-electron chi connectivity index (χ3n) is 2.88. The first kappa shape index (κ1) is 13.1. The van der Waals surface area contributed by atoms with Crippen LogP contribution in [0, 0.1) is 5.82 Å². The zero-order valence-corrected chi connectivity index (χ0v) is 10.5. The summed E-state index contributed by atoms with van der Waals surface area (Å²) in [5, 5.41) is 8.98. The summed E-state index contributed by atoms with van der Waals surface area (Å²) in [7, 11) is 0. The number of hydrogen-bond donors (Lipinski definition) is 1. The first-order chi connectivity index (χ1) is 9.13. The number of anilines is 1. The third kappa shape index (κ3) is 2.76. The van der Waals surface area contributed by atoms with E-state index in [1.807, 2.05) is 6.92 Å². The molecule has 0 fully saturated rings. The van der Waals surface area contributed by atoms with Gasteiger partial charge in [0.05, 0.1) is 12.0 Å². The van der Waals surface area contributed by atoms with Crippen molar-refractivity contribution < 1.29 is 18.7 Å². The minimum atomic E-state index is -1.12. The van der Waals surface area contributed by atoms with Gasteiger partial charge < -0.3 is 14.4 Å². The van der Waals surface area contributed by atoms with Crippen LogP contribution in [0.15, 0.2) is 41.0 Å². The van der Waals surface area contributed by atoms with Gasteiger partial charge in [0.1, 0.15) is 5.82 Å². The topological polar surface area (TPSA) is 53.7 Å². The zero-order chi connectivity index (χ0) is 13.8. The Morgan fingerprint density at radius 2 is 2.11 bits per heavy atom. The van der Waals surface area contributed by atoms with E-state index in [0.29, 0.717) is 17.8 Å². The lowest BCUT2D eigenvalue weighted by molar-refractivity contribution is 0.0661. The lowest BCUT2D eigenvalue weighted by Gasteiger charge is -2.23. The molecule has 0 saturated carbocycles. The Balaban J connectivity index is 2.27. The fourth-order valence-electron chi connectivity index (χ4n) is 1.93. The third-order valence-corrected chi connectivity index (χ3v) is 2.88. The summed E-state index contributed by atoms with van der Waals surface area (Å²) < 4.78 is 18.7. The second kappa shape index (κ2) is 5.56. The van der Waals surface area contributed by atoms with Crippen LogP contribution in [0.2, 0.25) is 0 Å². The molecule has 0 aliphatic heterocycles. The number of hydrogen-bond acceptors (Lipinski definition) is 3. The molecule has 5 heteroatoms. The van der Waals surface area contributed by atoms with Gasteiger partial charge in [0.15, 0.2) is 0 Å². The highest BCUT2D eigenvalue weighted by Crippen LogP contribution is 2.22. The number of carbonyl (C=O) groups is 1. The van der Waals surface area contributed by atoms with Crippen molar-refractivity contribution in [2.75, 3.05) is 11.4 Å². The molecule has 100 valence electrons. The van der Waals surface area contributed by atoms with Crippen LogP contribution in [0.4, 0.5) is 10.1 Å². The molecule has 2 rings (SSSR count). The van der Waals surface area contributed by atoms with Crippen molar-refractivity contribution in [2.45, 2.75) is 13.5 Å². The summed E-state index contributed by atoms with van der Waals surface area (Å²) in [4.78, 5) is 12.7. The Labute approximate surface area is 110 Å². The van der Waals surface area contributed by atoms with Crippen molar-refractivity contribution in [3.63, 3.8) is 0 Å². The maximum absolute atomic E-state index is 13.7. The lowest BCUT2D eigenvalue weighted by atomic mass is 10.2. The molecule has 0 atom stereocenters. The number of benzene rings is 1. The second-order valence-corrected chi connectivity index (χ2v) is 4.05. The van der Waals surface area contributed by atoms with Crippen LogP contribution in [-0.4, -0.2) is 17.6 Å². The Morgan fingerprint density at radius 3 is 2.74 bits per heavy atom. The molecule has 1 aromatic carbocycles. The van der Waals surface area contributed by atoms with E-state index in [2.05, 4.69) is 0 Å². The van der Waals surface area contributed by atoms with E-state index in [-0.39, 0.29) is 18.1 Å². The van der Waals surface area contributed by atoms with Gasteiger partial charge in [0.25, 0.3) is 0 Å². The highest BCUT2D eigenvalue weighted by Gasteiger charge is 2.17. The highest BCUT2D eigenvalue weighted by atomic mass is 19.1. The molecule has 2 aromatic rings. The van der Waals surface area contributed by atoms with E-state index >= 15 is 0 Å². The van der Waals surface area contributed by atoms with Gasteiger partial charge in [-0.05, 0) is 25.1 Å². The van der Waals surface area contributed by atoms with Crippen LogP contribution in [-0.2, 0) is 6.54 Å². The number of carboxylic acids is 1. The van der Waals surface area contributed by atoms with Crippen molar-refractivity contribution in [1.82, 2.24) is 0 Å². The zero-order valence-electron chi connectivity index (χ0n) is 10.5. The van der Waals surface area contributed by atoms with Gasteiger partial charge >= 0.3 is 5.97 Å². The van der Waals surface area contributed by atoms with E-state index in [1.54, 1.807) is 29.2 Å². The average Bonchev–Trinajstić information content (AvgIpc) is 2.85. The molecule has 0 spiro atoms. The van der Waals surface area contributed by atoms with Gasteiger partial charge in [-0.15, -0.1) is 0 Å². The Hall–Kier alpha value is -2.30. The first-order valence-electron chi connectivity index (χ1n) is 5.92. The maximum Gasteiger partial charge on any atom is 0.372 e. The standard InChI is InChI=1S/C14H14FNO3/c1-2-16(12-6-4-3-5-11(12)15)9-10-7-8-19-13(10)14(17)18/h3-8H,2,9H2,1H3,(H,17,18). The quantitative estimate of drug-likeness (QED) is 0.900. The minimum absolute atomic E-state index is 0.102. The molecule has 0 unspecified atom stereocenters. The number of furan rings is 1. The van der Waals surface area contributed by atoms with E-state index in [1.165, 1.54) is 12.3 Å². The number of halogens is 1. The van der Waals surface area contributed by atoms with Crippen LogP contribution >= 0.6 is 0 Å². The van der Waals surface area contributed by atoms with Crippen LogP contribution in [0.25, 0.3) is 0 Å². The van der Waals surface area contributed by atoms with Crippen molar-refractivity contribution in [3.05, 3.63) is 53.7 Å². The molecule has 0 saturated heterocycles. The van der Waals surface area contributed by atoms with Crippen LogP contribution in [0.3, 0.4) is 0 Å². The number of para-hydroxylation sites is 1. The predicted octanol–water partition coefficient (Wildman–Crippen LogP) is 3.14. The van der Waals surface area contributed by atoms with Crippen LogP contribution < -0.4 is 4.90 Å². The molecule has 0 bridgehead atoms. The van der Waals surface area contributed by atoms with Crippen molar-refractivity contribution in [1.29, 1.82) is 0 Å². The number of aromatic carboxylic acids is 1.